The molecule has 146 valence electrons. The minimum absolute atomic E-state index is 0.0520. The molecule has 0 saturated heterocycles. The first-order valence-corrected chi connectivity index (χ1v) is 9.55. The van der Waals surface area contributed by atoms with Crippen LogP contribution in [-0.2, 0) is 4.79 Å². The second-order valence-corrected chi connectivity index (χ2v) is 7.92. The Bertz CT molecular complexity index is 754. The van der Waals surface area contributed by atoms with Gasteiger partial charge in [-0.15, -0.1) is 24.9 Å². The number of halogens is 4. The van der Waals surface area contributed by atoms with Crippen LogP contribution >= 0.6 is 27.7 Å². The summed E-state index contributed by atoms with van der Waals surface area (Å²) < 4.78 is 41.1. The van der Waals surface area contributed by atoms with Gasteiger partial charge in [-0.05, 0) is 48.9 Å². The van der Waals surface area contributed by atoms with Crippen LogP contribution in [0.1, 0.15) is 18.6 Å². The molecule has 0 aromatic heterocycles. The summed E-state index contributed by atoms with van der Waals surface area (Å²) in [6.07, 6.45) is -5.81. The molecule has 27 heavy (non-hydrogen) atoms. The highest BCUT2D eigenvalue weighted by molar-refractivity contribution is 9.10. The van der Waals surface area contributed by atoms with E-state index in [9.17, 15) is 23.1 Å². The number of hydrogen-bond donors (Lipinski definition) is 2. The summed E-state index contributed by atoms with van der Waals surface area (Å²) >= 11 is 4.72. The molecule has 0 heterocycles. The lowest BCUT2D eigenvalue weighted by molar-refractivity contribution is -0.274. The van der Waals surface area contributed by atoms with Crippen LogP contribution in [0.2, 0.25) is 0 Å². The van der Waals surface area contributed by atoms with Gasteiger partial charge in [0, 0.05) is 15.9 Å². The molecular formula is C18H17BrF3NO3S. The molecule has 2 atom stereocenters. The molecule has 2 aromatic rings. The SMILES string of the molecule is CC(Sc1ccc(Br)cc1)C(=O)NCC(O)c1ccc(OC(F)(F)F)cc1. The van der Waals surface area contributed by atoms with Gasteiger partial charge in [0.05, 0.1) is 11.4 Å². The summed E-state index contributed by atoms with van der Waals surface area (Å²) in [7, 11) is 0. The number of thioether (sulfide) groups is 1. The number of carbonyl (C=O) groups is 1. The van der Waals surface area contributed by atoms with E-state index in [-0.39, 0.29) is 23.5 Å². The first-order chi connectivity index (χ1) is 12.6. The van der Waals surface area contributed by atoms with Crippen LogP contribution in [0.4, 0.5) is 13.2 Å². The van der Waals surface area contributed by atoms with Gasteiger partial charge >= 0.3 is 6.36 Å². The zero-order valence-corrected chi connectivity index (χ0v) is 16.6. The molecule has 0 spiro atoms. The lowest BCUT2D eigenvalue weighted by atomic mass is 10.1. The lowest BCUT2D eigenvalue weighted by Crippen LogP contribution is -2.34. The van der Waals surface area contributed by atoms with Crippen molar-refractivity contribution in [3.63, 3.8) is 0 Å². The fourth-order valence-electron chi connectivity index (χ4n) is 2.12. The molecule has 2 unspecified atom stereocenters. The number of nitrogens with one attached hydrogen (secondary N) is 1. The summed E-state index contributed by atoms with van der Waals surface area (Å²) in [6.45, 7) is 1.70. The highest BCUT2D eigenvalue weighted by atomic mass is 79.9. The van der Waals surface area contributed by atoms with E-state index in [1.54, 1.807) is 6.92 Å². The van der Waals surface area contributed by atoms with Gasteiger partial charge in [-0.3, -0.25) is 4.79 Å². The first kappa shape index (κ1) is 21.6. The fraction of sp³-hybridized carbons (Fsp3) is 0.278. The Kier molecular flexibility index (Phi) is 7.58. The van der Waals surface area contributed by atoms with Gasteiger partial charge in [0.15, 0.2) is 0 Å². The van der Waals surface area contributed by atoms with Crippen molar-refractivity contribution in [2.24, 2.45) is 0 Å². The van der Waals surface area contributed by atoms with Gasteiger partial charge < -0.3 is 15.2 Å². The smallest absolute Gasteiger partial charge is 0.406 e. The van der Waals surface area contributed by atoms with Crippen LogP contribution in [-0.4, -0.2) is 29.2 Å². The topological polar surface area (TPSA) is 58.6 Å². The second kappa shape index (κ2) is 9.48. The largest absolute Gasteiger partial charge is 0.573 e. The van der Waals surface area contributed by atoms with Crippen LogP contribution in [0.15, 0.2) is 57.9 Å². The number of aliphatic hydroxyl groups is 1. The Labute approximate surface area is 167 Å². The van der Waals surface area contributed by atoms with E-state index in [0.29, 0.717) is 5.56 Å². The van der Waals surface area contributed by atoms with Crippen LogP contribution in [0.25, 0.3) is 0 Å². The minimum Gasteiger partial charge on any atom is -0.406 e. The third kappa shape index (κ3) is 7.43. The molecular weight excluding hydrogens is 447 g/mol. The zero-order valence-electron chi connectivity index (χ0n) is 14.2. The number of aliphatic hydroxyl groups excluding tert-OH is 1. The van der Waals surface area contributed by atoms with Crippen LogP contribution in [0.3, 0.4) is 0 Å². The molecule has 0 bridgehead atoms. The van der Waals surface area contributed by atoms with Crippen molar-refractivity contribution in [1.29, 1.82) is 0 Å². The molecule has 2 aromatic carbocycles. The van der Waals surface area contributed by atoms with Crippen LogP contribution < -0.4 is 10.1 Å². The van der Waals surface area contributed by atoms with Crippen molar-refractivity contribution in [2.75, 3.05) is 6.54 Å². The minimum atomic E-state index is -4.77. The van der Waals surface area contributed by atoms with Gasteiger partial charge in [-0.1, -0.05) is 28.1 Å². The van der Waals surface area contributed by atoms with Gasteiger partial charge in [0.2, 0.25) is 5.91 Å². The Morgan fingerprint density at radius 2 is 1.78 bits per heavy atom. The van der Waals surface area contributed by atoms with Crippen molar-refractivity contribution in [2.45, 2.75) is 29.5 Å². The maximum absolute atomic E-state index is 12.2. The molecule has 0 saturated carbocycles. The molecule has 0 fully saturated rings. The van der Waals surface area contributed by atoms with Crippen LogP contribution in [0, 0.1) is 0 Å². The van der Waals surface area contributed by atoms with Gasteiger partial charge in [0.25, 0.3) is 0 Å². The summed E-state index contributed by atoms with van der Waals surface area (Å²) in [6, 6.07) is 12.4. The quantitative estimate of drug-likeness (QED) is 0.585. The number of benzene rings is 2. The fourth-order valence-corrected chi connectivity index (χ4v) is 3.28. The number of alkyl halides is 3. The monoisotopic (exact) mass is 463 g/mol. The Morgan fingerprint density at radius 1 is 1.19 bits per heavy atom. The van der Waals surface area contributed by atoms with Crippen molar-refractivity contribution in [1.82, 2.24) is 5.32 Å². The molecule has 1 amide bonds. The number of rotatable bonds is 7. The molecule has 0 aliphatic rings. The van der Waals surface area contributed by atoms with E-state index in [2.05, 4.69) is 26.0 Å². The number of carbonyl (C=O) groups excluding carboxylic acids is 1. The summed E-state index contributed by atoms with van der Waals surface area (Å²) in [5.74, 6) is -0.624. The summed E-state index contributed by atoms with van der Waals surface area (Å²) in [4.78, 5) is 13.1. The third-order valence-corrected chi connectivity index (χ3v) is 5.10. The van der Waals surface area contributed by atoms with Crippen molar-refractivity contribution in [3.05, 3.63) is 58.6 Å². The number of ether oxygens (including phenoxy) is 1. The molecule has 0 aliphatic heterocycles. The lowest BCUT2D eigenvalue weighted by Gasteiger charge is -2.16. The standard InChI is InChI=1S/C18H17BrF3NO3S/c1-11(27-15-8-4-13(19)5-9-15)17(25)23-10-16(24)12-2-6-14(7-3-12)26-18(20,21)22/h2-9,11,16,24H,10H2,1H3,(H,23,25). The average Bonchev–Trinajstić information content (AvgIpc) is 2.60. The Balaban J connectivity index is 1.84. The third-order valence-electron chi connectivity index (χ3n) is 3.46. The van der Waals surface area contributed by atoms with Crippen molar-refractivity contribution in [3.8, 4) is 5.75 Å². The van der Waals surface area contributed by atoms with E-state index >= 15 is 0 Å². The summed E-state index contributed by atoms with van der Waals surface area (Å²) in [5, 5.41) is 12.4. The molecule has 2 N–H and O–H groups in total. The van der Waals surface area contributed by atoms with E-state index in [0.717, 1.165) is 21.5 Å². The maximum Gasteiger partial charge on any atom is 0.573 e. The number of amides is 1. The average molecular weight is 464 g/mol. The number of hydrogen-bond acceptors (Lipinski definition) is 4. The van der Waals surface area contributed by atoms with Crippen molar-refractivity contribution >= 4 is 33.6 Å². The second-order valence-electron chi connectivity index (χ2n) is 5.59. The predicted octanol–water partition coefficient (Wildman–Crippen LogP) is 4.68. The van der Waals surface area contributed by atoms with E-state index < -0.39 is 12.5 Å². The van der Waals surface area contributed by atoms with Gasteiger partial charge in [-0.2, -0.15) is 0 Å². The van der Waals surface area contributed by atoms with E-state index in [1.165, 1.54) is 23.9 Å². The van der Waals surface area contributed by atoms with Gasteiger partial charge in [0.1, 0.15) is 5.75 Å². The molecule has 0 aliphatic carbocycles. The summed E-state index contributed by atoms with van der Waals surface area (Å²) in [5.41, 5.74) is 0.373. The molecule has 2 rings (SSSR count). The van der Waals surface area contributed by atoms with Crippen molar-refractivity contribution < 1.29 is 27.8 Å². The zero-order chi connectivity index (χ0) is 20.0. The highest BCUT2D eigenvalue weighted by Crippen LogP contribution is 2.26. The van der Waals surface area contributed by atoms with Gasteiger partial charge in [-0.25, -0.2) is 0 Å². The Hall–Kier alpha value is -1.71. The normalized spacial score (nSPS) is 13.7. The molecule has 0 radical (unpaired) electrons. The predicted molar refractivity (Wildman–Crippen MR) is 101 cm³/mol. The maximum atomic E-state index is 12.2. The first-order valence-electron chi connectivity index (χ1n) is 7.88. The van der Waals surface area contributed by atoms with E-state index in [1.807, 2.05) is 24.3 Å². The highest BCUT2D eigenvalue weighted by Gasteiger charge is 2.31. The van der Waals surface area contributed by atoms with E-state index in [4.69, 9.17) is 0 Å². The molecule has 4 nitrogen and oxygen atoms in total. The Morgan fingerprint density at radius 3 is 2.33 bits per heavy atom. The molecule has 9 heteroatoms. The van der Waals surface area contributed by atoms with Crippen LogP contribution in [0.5, 0.6) is 5.75 Å².